The van der Waals surface area contributed by atoms with E-state index in [1.165, 1.54) is 0 Å². The fourth-order valence-electron chi connectivity index (χ4n) is 0.672. The Labute approximate surface area is 84.2 Å². The van der Waals surface area contributed by atoms with E-state index < -0.39 is 36.7 Å². The Bertz CT molecular complexity index is 283. The van der Waals surface area contributed by atoms with Gasteiger partial charge < -0.3 is 10.4 Å². The van der Waals surface area contributed by atoms with Crippen molar-refractivity contribution in [2.24, 2.45) is 0 Å². The molecular formula is C6H5F6NO3. The van der Waals surface area contributed by atoms with Crippen LogP contribution in [-0.4, -0.2) is 35.4 Å². The highest BCUT2D eigenvalue weighted by atomic mass is 19.4. The number of carboxylic acid groups (broad SMARTS) is 1. The minimum atomic E-state index is -5.43. The number of carboxylic acids is 1. The largest absolute Gasteiger partial charge is 0.480 e. The van der Waals surface area contributed by atoms with Crippen LogP contribution in [0.5, 0.6) is 0 Å². The van der Waals surface area contributed by atoms with Crippen LogP contribution in [0.4, 0.5) is 26.3 Å². The summed E-state index contributed by atoms with van der Waals surface area (Å²) in [7, 11) is 0. The van der Waals surface area contributed by atoms with Gasteiger partial charge in [0.1, 0.15) is 6.04 Å². The average molecular weight is 253 g/mol. The van der Waals surface area contributed by atoms with E-state index in [1.54, 1.807) is 0 Å². The third-order valence-electron chi connectivity index (χ3n) is 1.30. The highest BCUT2D eigenvalue weighted by Gasteiger charge is 2.43. The molecule has 0 bridgehead atoms. The van der Waals surface area contributed by atoms with Crippen molar-refractivity contribution >= 4 is 11.9 Å². The smallest absolute Gasteiger partial charge is 0.471 e. The summed E-state index contributed by atoms with van der Waals surface area (Å²) in [6.07, 6.45) is -12.5. The molecule has 94 valence electrons. The van der Waals surface area contributed by atoms with Gasteiger partial charge in [0.2, 0.25) is 0 Å². The van der Waals surface area contributed by atoms with Gasteiger partial charge in [0, 0.05) is 0 Å². The molecule has 0 saturated heterocycles. The minimum absolute atomic E-state index is 0.729. The molecule has 10 heteroatoms. The Hall–Kier alpha value is -1.48. The quantitative estimate of drug-likeness (QED) is 0.739. The van der Waals surface area contributed by atoms with Gasteiger partial charge in [-0.05, 0) is 0 Å². The zero-order valence-electron chi connectivity index (χ0n) is 7.32. The molecule has 0 rings (SSSR count). The molecule has 1 unspecified atom stereocenters. The Kier molecular flexibility index (Phi) is 4.15. The van der Waals surface area contributed by atoms with Gasteiger partial charge in [-0.2, -0.15) is 26.3 Å². The van der Waals surface area contributed by atoms with E-state index in [-0.39, 0.29) is 0 Å². The molecule has 0 aromatic carbocycles. The highest BCUT2D eigenvalue weighted by molar-refractivity contribution is 5.86. The molecule has 2 N–H and O–H groups in total. The third kappa shape index (κ3) is 5.41. The van der Waals surface area contributed by atoms with Crippen molar-refractivity contribution in [1.82, 2.24) is 5.32 Å². The fourth-order valence-corrected chi connectivity index (χ4v) is 0.672. The average Bonchev–Trinajstić information content (AvgIpc) is 1.98. The first-order valence-electron chi connectivity index (χ1n) is 3.60. The molecule has 0 fully saturated rings. The van der Waals surface area contributed by atoms with Gasteiger partial charge in [0.05, 0.1) is 6.42 Å². The second-order valence-electron chi connectivity index (χ2n) is 2.68. The van der Waals surface area contributed by atoms with Crippen LogP contribution in [0.1, 0.15) is 6.42 Å². The summed E-state index contributed by atoms with van der Waals surface area (Å²) in [4.78, 5) is 20.4. The monoisotopic (exact) mass is 253 g/mol. The summed E-state index contributed by atoms with van der Waals surface area (Å²) in [5.41, 5.74) is 0. The van der Waals surface area contributed by atoms with Crippen molar-refractivity contribution in [3.8, 4) is 0 Å². The highest BCUT2D eigenvalue weighted by Crippen LogP contribution is 2.22. The molecule has 4 nitrogen and oxygen atoms in total. The molecule has 1 amide bonds. The van der Waals surface area contributed by atoms with E-state index in [2.05, 4.69) is 0 Å². The van der Waals surface area contributed by atoms with Crippen molar-refractivity contribution in [1.29, 1.82) is 0 Å². The number of rotatable bonds is 3. The van der Waals surface area contributed by atoms with Crippen LogP contribution in [0.2, 0.25) is 0 Å². The number of carbonyl (C=O) groups excluding carboxylic acids is 1. The molecular weight excluding hydrogens is 248 g/mol. The second-order valence-corrected chi connectivity index (χ2v) is 2.68. The van der Waals surface area contributed by atoms with Crippen LogP contribution in [0.25, 0.3) is 0 Å². The molecule has 0 aromatic heterocycles. The number of halogens is 6. The predicted octanol–water partition coefficient (Wildman–Crippen LogP) is 1.07. The molecule has 0 heterocycles. The van der Waals surface area contributed by atoms with Crippen molar-refractivity contribution < 1.29 is 41.0 Å². The summed E-state index contributed by atoms with van der Waals surface area (Å²) in [5, 5.41) is 8.90. The summed E-state index contributed by atoms with van der Waals surface area (Å²) >= 11 is 0. The van der Waals surface area contributed by atoms with Crippen molar-refractivity contribution in [3.05, 3.63) is 0 Å². The van der Waals surface area contributed by atoms with Crippen LogP contribution in [0.15, 0.2) is 0 Å². The molecule has 0 aromatic rings. The maximum Gasteiger partial charge on any atom is 0.471 e. The fraction of sp³-hybridized carbons (Fsp3) is 0.667. The zero-order chi connectivity index (χ0) is 13.1. The lowest BCUT2D eigenvalue weighted by molar-refractivity contribution is -0.179. The molecule has 16 heavy (non-hydrogen) atoms. The second kappa shape index (κ2) is 4.58. The number of carbonyl (C=O) groups is 2. The molecule has 0 radical (unpaired) electrons. The van der Waals surface area contributed by atoms with E-state index in [0.29, 0.717) is 0 Å². The first-order valence-corrected chi connectivity index (χ1v) is 3.60. The van der Waals surface area contributed by atoms with E-state index in [9.17, 15) is 35.9 Å². The van der Waals surface area contributed by atoms with Crippen molar-refractivity contribution in [2.45, 2.75) is 24.8 Å². The third-order valence-corrected chi connectivity index (χ3v) is 1.30. The van der Waals surface area contributed by atoms with E-state index in [0.717, 1.165) is 5.32 Å². The SMILES string of the molecule is O=C(O)C(CC(F)(F)F)NC(=O)C(F)(F)F. The first kappa shape index (κ1) is 14.5. The van der Waals surface area contributed by atoms with Crippen LogP contribution >= 0.6 is 0 Å². The lowest BCUT2D eigenvalue weighted by atomic mass is 10.2. The first-order chi connectivity index (χ1) is 6.93. The lowest BCUT2D eigenvalue weighted by Gasteiger charge is -2.16. The normalized spacial score (nSPS) is 14.4. The van der Waals surface area contributed by atoms with Crippen LogP contribution in [0.3, 0.4) is 0 Å². The summed E-state index contributed by atoms with van der Waals surface area (Å²) in [6, 6.07) is -2.66. The Morgan fingerprint density at radius 2 is 1.56 bits per heavy atom. The van der Waals surface area contributed by atoms with Gasteiger partial charge in [0.15, 0.2) is 0 Å². The maximum atomic E-state index is 11.7. The Morgan fingerprint density at radius 1 is 1.12 bits per heavy atom. The summed E-state index contributed by atoms with van der Waals surface area (Å²) in [6.45, 7) is 0. The molecule has 0 spiro atoms. The van der Waals surface area contributed by atoms with Gasteiger partial charge >= 0.3 is 24.2 Å². The zero-order valence-corrected chi connectivity index (χ0v) is 7.32. The van der Waals surface area contributed by atoms with Gasteiger partial charge in [-0.1, -0.05) is 0 Å². The molecule has 0 aliphatic carbocycles. The number of hydrogen-bond acceptors (Lipinski definition) is 2. The Balaban J connectivity index is 4.60. The van der Waals surface area contributed by atoms with E-state index in [1.807, 2.05) is 0 Å². The molecule has 1 atom stereocenters. The van der Waals surface area contributed by atoms with Gasteiger partial charge in [-0.3, -0.25) is 4.79 Å². The van der Waals surface area contributed by atoms with E-state index >= 15 is 0 Å². The minimum Gasteiger partial charge on any atom is -0.480 e. The standard InChI is InChI=1S/C6H5F6NO3/c7-5(8,9)1-2(3(14)15)13-4(16)6(10,11)12/h2H,1H2,(H,13,16)(H,14,15). The summed E-state index contributed by atoms with van der Waals surface area (Å²) in [5.74, 6) is -4.93. The van der Waals surface area contributed by atoms with Crippen molar-refractivity contribution in [3.63, 3.8) is 0 Å². The van der Waals surface area contributed by atoms with Crippen LogP contribution < -0.4 is 5.32 Å². The maximum absolute atomic E-state index is 11.7. The molecule has 0 saturated carbocycles. The topological polar surface area (TPSA) is 66.4 Å². The predicted molar refractivity (Wildman–Crippen MR) is 36.3 cm³/mol. The van der Waals surface area contributed by atoms with Crippen molar-refractivity contribution in [2.75, 3.05) is 0 Å². The van der Waals surface area contributed by atoms with Crippen LogP contribution in [0, 0.1) is 0 Å². The molecule has 0 aliphatic heterocycles. The van der Waals surface area contributed by atoms with E-state index in [4.69, 9.17) is 5.11 Å². The van der Waals surface area contributed by atoms with Gasteiger partial charge in [-0.15, -0.1) is 0 Å². The molecule has 0 aliphatic rings. The number of nitrogens with one attached hydrogen (secondary N) is 1. The van der Waals surface area contributed by atoms with Gasteiger partial charge in [-0.25, -0.2) is 4.79 Å². The number of amides is 1. The number of aliphatic carboxylic acids is 1. The number of hydrogen-bond donors (Lipinski definition) is 2. The van der Waals surface area contributed by atoms with Gasteiger partial charge in [0.25, 0.3) is 0 Å². The Morgan fingerprint density at radius 3 is 1.81 bits per heavy atom. The lowest BCUT2D eigenvalue weighted by Crippen LogP contribution is -2.48. The number of alkyl halides is 6. The van der Waals surface area contributed by atoms with Crippen LogP contribution in [-0.2, 0) is 9.59 Å². The summed E-state index contributed by atoms with van der Waals surface area (Å²) < 4.78 is 70.0.